The molecule has 4 nitrogen and oxygen atoms in total. The quantitative estimate of drug-likeness (QED) is 0.350. The molecule has 0 amide bonds. The summed E-state index contributed by atoms with van der Waals surface area (Å²) < 4.78 is 0. The third-order valence-corrected chi connectivity index (χ3v) is 0. The van der Waals surface area contributed by atoms with Crippen molar-refractivity contribution in [2.45, 2.75) is 0 Å². The Bertz CT molecular complexity index is 12.3. The Morgan fingerprint density at radius 3 is 1.00 bits per heavy atom. The third-order valence-electron chi connectivity index (χ3n) is 0. The van der Waals surface area contributed by atoms with Gasteiger partial charge in [-0.2, -0.15) is 0 Å². The fraction of sp³-hybridized carbons (Fsp3) is 0. The van der Waals surface area contributed by atoms with Gasteiger partial charge in [-0.25, -0.2) is 0 Å². The first kappa shape index (κ1) is 15.9. The van der Waals surface area contributed by atoms with Crippen molar-refractivity contribution in [3.63, 3.8) is 0 Å². The van der Waals surface area contributed by atoms with Crippen LogP contribution in [-0.4, -0.2) is 51.8 Å². The zero-order chi connectivity index (χ0) is 3.58. The predicted octanol–water partition coefficient (Wildman–Crippen LogP) is -3.79. The minimum atomic E-state index is -2.17. The van der Waals surface area contributed by atoms with Crippen LogP contribution in [0.4, 0.5) is 0 Å². The Balaban J connectivity index is -0.0000000450. The summed E-state index contributed by atoms with van der Waals surface area (Å²) in [6, 6.07) is 0. The Labute approximate surface area is 52.2 Å². The SMILES string of the molecule is O.OB(O)O.[SnH2]. The van der Waals surface area contributed by atoms with Crippen molar-refractivity contribution < 1.29 is 20.5 Å². The molecule has 0 aliphatic rings. The van der Waals surface area contributed by atoms with Crippen LogP contribution in [0.15, 0.2) is 0 Å². The first-order valence-corrected chi connectivity index (χ1v) is 0.775. The average molecular weight is 201 g/mol. The van der Waals surface area contributed by atoms with Gasteiger partial charge >= 0.3 is 31.2 Å². The van der Waals surface area contributed by atoms with Gasteiger partial charge in [0.25, 0.3) is 0 Å². The van der Waals surface area contributed by atoms with Crippen molar-refractivity contribution in [2.75, 3.05) is 0 Å². The summed E-state index contributed by atoms with van der Waals surface area (Å²) >= 11 is 0. The van der Waals surface area contributed by atoms with Gasteiger partial charge in [-0.1, -0.05) is 0 Å². The Hall–Kier alpha value is 0.704. The van der Waals surface area contributed by atoms with Gasteiger partial charge in [-0.15, -0.1) is 0 Å². The van der Waals surface area contributed by atoms with E-state index in [0.717, 1.165) is 0 Å². The fourth-order valence-electron chi connectivity index (χ4n) is 0. The van der Waals surface area contributed by atoms with E-state index in [1.165, 1.54) is 0 Å². The Morgan fingerprint density at radius 1 is 1.00 bits per heavy atom. The molecule has 0 fully saturated rings. The molecule has 2 radical (unpaired) electrons. The minimum absolute atomic E-state index is 0. The van der Waals surface area contributed by atoms with Crippen molar-refractivity contribution in [3.8, 4) is 0 Å². The van der Waals surface area contributed by atoms with E-state index in [-0.39, 0.29) is 29.4 Å². The van der Waals surface area contributed by atoms with E-state index in [4.69, 9.17) is 15.1 Å². The van der Waals surface area contributed by atoms with Gasteiger partial charge in [0.1, 0.15) is 0 Å². The molecule has 0 aliphatic carbocycles. The number of rotatable bonds is 0. The van der Waals surface area contributed by atoms with E-state index in [1.807, 2.05) is 0 Å². The molecule has 0 spiro atoms. The molecule has 0 aliphatic heterocycles. The second kappa shape index (κ2) is 9.20. The maximum atomic E-state index is 7.17. The van der Waals surface area contributed by atoms with Gasteiger partial charge in [0.2, 0.25) is 0 Å². The molecule has 0 bridgehead atoms. The van der Waals surface area contributed by atoms with Gasteiger partial charge in [0.15, 0.2) is 0 Å². The van der Waals surface area contributed by atoms with Crippen LogP contribution in [0, 0.1) is 0 Å². The summed E-state index contributed by atoms with van der Waals surface area (Å²) in [4.78, 5) is 0. The Kier molecular flexibility index (Phi) is 24.4. The maximum absolute atomic E-state index is 7.17. The molecular formula is H7BO4Sn. The van der Waals surface area contributed by atoms with Gasteiger partial charge < -0.3 is 20.5 Å². The first-order valence-electron chi connectivity index (χ1n) is 0.775. The summed E-state index contributed by atoms with van der Waals surface area (Å²) in [7, 11) is -2.17. The molecule has 0 saturated carbocycles. The molecule has 0 aromatic carbocycles. The second-order valence-corrected chi connectivity index (χ2v) is 0.346. The topological polar surface area (TPSA) is 92.2 Å². The molecule has 0 rings (SSSR count). The molecule has 0 saturated heterocycles. The van der Waals surface area contributed by atoms with E-state index >= 15 is 0 Å². The van der Waals surface area contributed by atoms with E-state index < -0.39 is 7.32 Å². The fourth-order valence-corrected chi connectivity index (χ4v) is 0. The standard InChI is InChI=1S/BH3O3.H2O.Sn.2H/c2-1(3)4;;;;/h2-4H;1H2;;;. The first-order chi connectivity index (χ1) is 1.73. The molecule has 0 aromatic heterocycles. The van der Waals surface area contributed by atoms with E-state index in [9.17, 15) is 0 Å². The summed E-state index contributed by atoms with van der Waals surface area (Å²) in [5.74, 6) is 0. The van der Waals surface area contributed by atoms with Crippen molar-refractivity contribution in [1.82, 2.24) is 0 Å². The van der Waals surface area contributed by atoms with Gasteiger partial charge in [0.05, 0.1) is 0 Å². The van der Waals surface area contributed by atoms with Crippen LogP contribution in [0.3, 0.4) is 0 Å². The van der Waals surface area contributed by atoms with Crippen LogP contribution in [-0.2, 0) is 0 Å². The summed E-state index contributed by atoms with van der Waals surface area (Å²) in [5, 5.41) is 21.5. The van der Waals surface area contributed by atoms with Crippen LogP contribution in [0.5, 0.6) is 0 Å². The van der Waals surface area contributed by atoms with Gasteiger partial charge in [-0.3, -0.25) is 0 Å². The van der Waals surface area contributed by atoms with Crippen molar-refractivity contribution >= 4 is 31.2 Å². The van der Waals surface area contributed by atoms with E-state index in [2.05, 4.69) is 0 Å². The van der Waals surface area contributed by atoms with Crippen LogP contribution in [0.2, 0.25) is 0 Å². The number of hydrogen-bond donors (Lipinski definition) is 3. The average Bonchev–Trinajstić information content (AvgIpc) is 0.811. The van der Waals surface area contributed by atoms with Crippen LogP contribution in [0.25, 0.3) is 0 Å². The van der Waals surface area contributed by atoms with Crippen molar-refractivity contribution in [3.05, 3.63) is 0 Å². The van der Waals surface area contributed by atoms with Crippen molar-refractivity contribution in [1.29, 1.82) is 0 Å². The molecule has 0 heterocycles. The van der Waals surface area contributed by atoms with Crippen LogP contribution in [0.1, 0.15) is 0 Å². The summed E-state index contributed by atoms with van der Waals surface area (Å²) in [5.41, 5.74) is 0. The van der Waals surface area contributed by atoms with Gasteiger partial charge in [-0.05, 0) is 0 Å². The van der Waals surface area contributed by atoms with Crippen LogP contribution >= 0.6 is 0 Å². The molecule has 38 valence electrons. The monoisotopic (exact) mass is 202 g/mol. The zero-order valence-corrected chi connectivity index (χ0v) is 7.16. The van der Waals surface area contributed by atoms with Crippen molar-refractivity contribution in [2.24, 2.45) is 0 Å². The molecule has 5 N–H and O–H groups in total. The molecule has 0 unspecified atom stereocenters. The molecule has 0 aromatic rings. The zero-order valence-electron chi connectivity index (χ0n) is 3.13. The number of hydrogen-bond acceptors (Lipinski definition) is 3. The molecule has 6 heteroatoms. The summed E-state index contributed by atoms with van der Waals surface area (Å²) in [6.07, 6.45) is 0. The van der Waals surface area contributed by atoms with Crippen LogP contribution < -0.4 is 0 Å². The third kappa shape index (κ3) is 130. The molecule has 6 heavy (non-hydrogen) atoms. The summed E-state index contributed by atoms with van der Waals surface area (Å²) in [6.45, 7) is 0. The van der Waals surface area contributed by atoms with E-state index in [1.54, 1.807) is 0 Å². The molecule has 0 atom stereocenters. The predicted molar refractivity (Wildman–Crippen MR) is 24.6 cm³/mol. The normalized spacial score (nSPS) is 4.50. The Morgan fingerprint density at radius 2 is 1.00 bits per heavy atom. The van der Waals surface area contributed by atoms with E-state index in [0.29, 0.717) is 0 Å². The second-order valence-electron chi connectivity index (χ2n) is 0.346. The molecular weight excluding hydrogens is 194 g/mol. The van der Waals surface area contributed by atoms with Gasteiger partial charge in [0, 0.05) is 0 Å².